The third-order valence-corrected chi connectivity index (χ3v) is 9.00. The number of nitrogens with zero attached hydrogens (tertiary/aromatic N) is 5. The molecule has 4 aliphatic rings. The van der Waals surface area contributed by atoms with Crippen molar-refractivity contribution in [3.63, 3.8) is 0 Å². The van der Waals surface area contributed by atoms with Crippen LogP contribution in [0, 0.1) is 25.7 Å². The van der Waals surface area contributed by atoms with Gasteiger partial charge in [-0.05, 0) is 44.2 Å². The predicted molar refractivity (Wildman–Crippen MR) is 143 cm³/mol. The molecular weight excluding hydrogens is 478 g/mol. The summed E-state index contributed by atoms with van der Waals surface area (Å²) in [4.78, 5) is 41.3. The lowest BCUT2D eigenvalue weighted by molar-refractivity contribution is -0.147. The highest BCUT2D eigenvalue weighted by atomic mass is 16.5. The number of amides is 2. The van der Waals surface area contributed by atoms with Crippen LogP contribution < -0.4 is 0 Å². The van der Waals surface area contributed by atoms with Crippen LogP contribution in [0.3, 0.4) is 0 Å². The molecule has 1 aromatic carbocycles. The maximum atomic E-state index is 13.2. The summed E-state index contributed by atoms with van der Waals surface area (Å²) >= 11 is 0. The average molecular weight is 516 g/mol. The van der Waals surface area contributed by atoms with Crippen LogP contribution in [-0.4, -0.2) is 89.0 Å². The Morgan fingerprint density at radius 2 is 1.71 bits per heavy atom. The quantitative estimate of drug-likeness (QED) is 0.589. The molecule has 8 nitrogen and oxygen atoms in total. The first-order valence-corrected chi connectivity index (χ1v) is 13.9. The summed E-state index contributed by atoms with van der Waals surface area (Å²) in [6, 6.07) is 10.7. The van der Waals surface area contributed by atoms with Crippen molar-refractivity contribution in [2.24, 2.45) is 11.8 Å². The molecule has 0 bridgehead atoms. The third-order valence-electron chi connectivity index (χ3n) is 9.00. The Kier molecular flexibility index (Phi) is 6.68. The van der Waals surface area contributed by atoms with Crippen molar-refractivity contribution in [2.75, 3.05) is 52.5 Å². The molecule has 5 heterocycles. The van der Waals surface area contributed by atoms with E-state index in [1.807, 2.05) is 18.7 Å². The first-order chi connectivity index (χ1) is 18.4. The molecular formula is C30H37N5O3. The Bertz CT molecular complexity index is 1210. The number of aromatic nitrogens is 2. The summed E-state index contributed by atoms with van der Waals surface area (Å²) in [6.07, 6.45) is 6.48. The number of fused-ring (bicyclic) bond motifs is 1. The Hall–Kier alpha value is -3.26. The van der Waals surface area contributed by atoms with Crippen molar-refractivity contribution < 1.29 is 14.3 Å². The van der Waals surface area contributed by atoms with Gasteiger partial charge < -0.3 is 19.4 Å². The smallest absolute Gasteiger partial charge is 0.257 e. The van der Waals surface area contributed by atoms with Gasteiger partial charge >= 0.3 is 0 Å². The zero-order valence-corrected chi connectivity index (χ0v) is 22.4. The topological polar surface area (TPSA) is 78.9 Å². The van der Waals surface area contributed by atoms with Crippen LogP contribution in [0.15, 0.2) is 48.4 Å². The number of carbonyl (C=O) groups excluding carboxylic acids is 2. The van der Waals surface area contributed by atoms with Gasteiger partial charge in [0, 0.05) is 75.9 Å². The van der Waals surface area contributed by atoms with Crippen LogP contribution in [0.4, 0.5) is 0 Å². The van der Waals surface area contributed by atoms with Gasteiger partial charge in [-0.15, -0.1) is 0 Å². The summed E-state index contributed by atoms with van der Waals surface area (Å²) in [5.74, 6) is 0.830. The SMILES string of the molecule is Cc1ncnc(C)c1C(=O)N1CC2=CN(CCC3(c4ccccc4)CN(C(=O)C4CCOCC4)C3)CC2C1. The first kappa shape index (κ1) is 25.0. The van der Waals surface area contributed by atoms with Crippen molar-refractivity contribution in [3.05, 3.63) is 70.9 Å². The van der Waals surface area contributed by atoms with Crippen LogP contribution in [0.1, 0.15) is 46.6 Å². The Labute approximate surface area is 224 Å². The van der Waals surface area contributed by atoms with Gasteiger partial charge in [-0.2, -0.15) is 0 Å². The summed E-state index contributed by atoms with van der Waals surface area (Å²) in [5, 5.41) is 0. The molecule has 0 spiro atoms. The normalized spacial score (nSPS) is 22.7. The number of benzene rings is 1. The third kappa shape index (κ3) is 4.59. The maximum absolute atomic E-state index is 13.2. The molecule has 0 saturated carbocycles. The lowest BCUT2D eigenvalue weighted by Gasteiger charge is -2.52. The first-order valence-electron chi connectivity index (χ1n) is 13.9. The molecule has 4 aliphatic heterocycles. The molecule has 3 fully saturated rings. The molecule has 1 unspecified atom stereocenters. The summed E-state index contributed by atoms with van der Waals surface area (Å²) in [6.45, 7) is 10.0. The van der Waals surface area contributed by atoms with E-state index < -0.39 is 0 Å². The fourth-order valence-electron chi connectivity index (χ4n) is 6.74. The molecule has 0 aliphatic carbocycles. The van der Waals surface area contributed by atoms with Gasteiger partial charge in [-0.1, -0.05) is 30.3 Å². The van der Waals surface area contributed by atoms with E-state index >= 15 is 0 Å². The van der Waals surface area contributed by atoms with Gasteiger partial charge in [0.15, 0.2) is 0 Å². The van der Waals surface area contributed by atoms with Gasteiger partial charge in [0.25, 0.3) is 5.91 Å². The van der Waals surface area contributed by atoms with Crippen molar-refractivity contribution in [2.45, 2.75) is 38.5 Å². The number of carbonyl (C=O) groups is 2. The van der Waals surface area contributed by atoms with Crippen molar-refractivity contribution in [1.82, 2.24) is 24.7 Å². The Balaban J connectivity index is 1.09. The van der Waals surface area contributed by atoms with E-state index in [9.17, 15) is 9.59 Å². The molecule has 1 aromatic heterocycles. The Morgan fingerprint density at radius 1 is 1.00 bits per heavy atom. The highest BCUT2D eigenvalue weighted by Gasteiger charge is 2.48. The van der Waals surface area contributed by atoms with Gasteiger partial charge in [0.2, 0.25) is 5.91 Å². The number of hydrogen-bond donors (Lipinski definition) is 0. The number of rotatable bonds is 6. The van der Waals surface area contributed by atoms with Crippen LogP contribution in [-0.2, 0) is 14.9 Å². The second-order valence-electron chi connectivity index (χ2n) is 11.5. The van der Waals surface area contributed by atoms with Gasteiger partial charge in [0.05, 0.1) is 17.0 Å². The average Bonchev–Trinajstić information content (AvgIpc) is 3.48. The van der Waals surface area contributed by atoms with Crippen molar-refractivity contribution in [1.29, 1.82) is 0 Å². The summed E-state index contributed by atoms with van der Waals surface area (Å²) in [5.41, 5.74) is 4.79. The molecule has 3 saturated heterocycles. The zero-order valence-electron chi connectivity index (χ0n) is 22.4. The molecule has 0 N–H and O–H groups in total. The van der Waals surface area contributed by atoms with E-state index in [2.05, 4.69) is 56.3 Å². The molecule has 200 valence electrons. The fraction of sp³-hybridized carbons (Fsp3) is 0.533. The van der Waals surface area contributed by atoms with Crippen molar-refractivity contribution >= 4 is 11.8 Å². The van der Waals surface area contributed by atoms with Gasteiger partial charge in [0.1, 0.15) is 6.33 Å². The maximum Gasteiger partial charge on any atom is 0.257 e. The summed E-state index contributed by atoms with van der Waals surface area (Å²) in [7, 11) is 0. The lowest BCUT2D eigenvalue weighted by Crippen LogP contribution is -2.63. The largest absolute Gasteiger partial charge is 0.381 e. The summed E-state index contributed by atoms with van der Waals surface area (Å²) < 4.78 is 5.46. The van der Waals surface area contributed by atoms with Crippen LogP contribution in [0.2, 0.25) is 0 Å². The number of aryl methyl sites for hydroxylation is 2. The number of ether oxygens (including phenoxy) is 1. The molecule has 2 amide bonds. The Morgan fingerprint density at radius 3 is 2.39 bits per heavy atom. The van der Waals surface area contributed by atoms with E-state index in [-0.39, 0.29) is 17.2 Å². The standard InChI is InChI=1S/C30H37N5O3/c1-21-27(22(2)32-20-31-21)29(37)34-16-24-14-33(15-25(24)17-34)11-10-30(26-6-4-3-5-7-26)18-35(19-30)28(36)23-8-12-38-13-9-23/h3-7,14,20,23,25H,8-13,15-19H2,1-2H3. The molecule has 38 heavy (non-hydrogen) atoms. The van der Waals surface area contributed by atoms with Gasteiger partial charge in [-0.3, -0.25) is 9.59 Å². The van der Waals surface area contributed by atoms with Crippen LogP contribution >= 0.6 is 0 Å². The predicted octanol–water partition coefficient (Wildman–Crippen LogP) is 2.96. The molecule has 6 rings (SSSR count). The lowest BCUT2D eigenvalue weighted by atomic mass is 9.70. The van der Waals surface area contributed by atoms with E-state index in [0.29, 0.717) is 37.1 Å². The zero-order chi connectivity index (χ0) is 26.3. The van der Waals surface area contributed by atoms with Crippen molar-refractivity contribution in [3.8, 4) is 0 Å². The van der Waals surface area contributed by atoms with Crippen LogP contribution in [0.5, 0.6) is 0 Å². The van der Waals surface area contributed by atoms with Gasteiger partial charge in [-0.25, -0.2) is 9.97 Å². The molecule has 1 atom stereocenters. The van der Waals surface area contributed by atoms with E-state index in [1.165, 1.54) is 17.5 Å². The van der Waals surface area contributed by atoms with E-state index in [4.69, 9.17) is 4.74 Å². The second-order valence-corrected chi connectivity index (χ2v) is 11.5. The van der Waals surface area contributed by atoms with E-state index in [1.54, 1.807) is 0 Å². The van der Waals surface area contributed by atoms with Crippen LogP contribution in [0.25, 0.3) is 0 Å². The highest BCUT2D eigenvalue weighted by Crippen LogP contribution is 2.40. The fourth-order valence-corrected chi connectivity index (χ4v) is 6.74. The number of hydrogen-bond acceptors (Lipinski definition) is 6. The molecule has 8 heteroatoms. The number of likely N-dealkylation sites (tertiary alicyclic amines) is 2. The second kappa shape index (κ2) is 10.1. The minimum absolute atomic E-state index is 0.00264. The molecule has 0 radical (unpaired) electrons. The molecule has 2 aromatic rings. The monoisotopic (exact) mass is 515 g/mol. The minimum atomic E-state index is 0.00264. The highest BCUT2D eigenvalue weighted by molar-refractivity contribution is 5.96. The minimum Gasteiger partial charge on any atom is -0.381 e. The van der Waals surface area contributed by atoms with E-state index in [0.717, 1.165) is 63.4 Å².